The first-order chi connectivity index (χ1) is 7.84. The number of nitrogens with zero attached hydrogens (tertiary/aromatic N) is 2. The Morgan fingerprint density at radius 1 is 1.19 bits per heavy atom. The van der Waals surface area contributed by atoms with Crippen molar-refractivity contribution in [2.45, 2.75) is 13.3 Å². The van der Waals surface area contributed by atoms with Crippen molar-refractivity contribution in [3.8, 4) is 0 Å². The molecule has 0 aliphatic carbocycles. The van der Waals surface area contributed by atoms with Crippen molar-refractivity contribution in [1.82, 2.24) is 4.98 Å². The Bertz CT molecular complexity index is 505. The van der Waals surface area contributed by atoms with Gasteiger partial charge in [0.05, 0.1) is 0 Å². The van der Waals surface area contributed by atoms with Crippen LogP contribution in [0.15, 0.2) is 42.6 Å². The van der Waals surface area contributed by atoms with Gasteiger partial charge in [0, 0.05) is 18.4 Å². The lowest BCUT2D eigenvalue weighted by Crippen LogP contribution is -2.14. The molecule has 0 N–H and O–H groups in total. The van der Waals surface area contributed by atoms with Gasteiger partial charge in [-0.1, -0.05) is 23.8 Å². The highest BCUT2D eigenvalue weighted by atomic mass is 15.2. The third kappa shape index (κ3) is 1.47. The van der Waals surface area contributed by atoms with E-state index in [2.05, 4.69) is 41.1 Å². The summed E-state index contributed by atoms with van der Waals surface area (Å²) < 4.78 is 0. The fraction of sp³-hybridized carbons (Fsp3) is 0.214. The average Bonchev–Trinajstić information content (AvgIpc) is 2.73. The highest BCUT2D eigenvalue weighted by Crippen LogP contribution is 2.33. The molecule has 2 heteroatoms. The van der Waals surface area contributed by atoms with E-state index in [-0.39, 0.29) is 0 Å². The Balaban J connectivity index is 2.04. The molecule has 16 heavy (non-hydrogen) atoms. The Morgan fingerprint density at radius 3 is 2.94 bits per heavy atom. The van der Waals surface area contributed by atoms with Crippen LogP contribution < -0.4 is 4.90 Å². The summed E-state index contributed by atoms with van der Waals surface area (Å²) in [6, 6.07) is 12.7. The van der Waals surface area contributed by atoms with Crippen LogP contribution in [0.1, 0.15) is 11.1 Å². The minimum absolute atomic E-state index is 1.04. The minimum Gasteiger partial charge on any atom is -0.326 e. The summed E-state index contributed by atoms with van der Waals surface area (Å²) >= 11 is 0. The Hall–Kier alpha value is -1.83. The number of pyridine rings is 1. The summed E-state index contributed by atoms with van der Waals surface area (Å²) in [7, 11) is 0. The summed E-state index contributed by atoms with van der Waals surface area (Å²) in [6.45, 7) is 3.18. The molecule has 80 valence electrons. The Labute approximate surface area is 95.6 Å². The van der Waals surface area contributed by atoms with Crippen LogP contribution in [-0.4, -0.2) is 11.5 Å². The van der Waals surface area contributed by atoms with Gasteiger partial charge in [0.25, 0.3) is 0 Å². The molecule has 0 fully saturated rings. The van der Waals surface area contributed by atoms with Crippen molar-refractivity contribution in [3.05, 3.63) is 53.7 Å². The zero-order valence-corrected chi connectivity index (χ0v) is 9.35. The van der Waals surface area contributed by atoms with Crippen molar-refractivity contribution < 1.29 is 0 Å². The largest absolute Gasteiger partial charge is 0.326 e. The first-order valence-corrected chi connectivity index (χ1v) is 5.63. The molecule has 0 unspecified atom stereocenters. The van der Waals surface area contributed by atoms with E-state index < -0.39 is 0 Å². The van der Waals surface area contributed by atoms with Crippen LogP contribution in [0.5, 0.6) is 0 Å². The van der Waals surface area contributed by atoms with Crippen LogP contribution in [0.3, 0.4) is 0 Å². The molecule has 0 radical (unpaired) electrons. The fourth-order valence-electron chi connectivity index (χ4n) is 2.28. The minimum atomic E-state index is 1.04. The molecule has 0 saturated heterocycles. The number of hydrogen-bond acceptors (Lipinski definition) is 2. The average molecular weight is 210 g/mol. The highest BCUT2D eigenvalue weighted by Gasteiger charge is 2.20. The van der Waals surface area contributed by atoms with E-state index in [9.17, 15) is 0 Å². The van der Waals surface area contributed by atoms with Crippen LogP contribution in [0, 0.1) is 6.92 Å². The SMILES string of the molecule is Cc1ccc2c(c1)CCN2c1ccccn1. The van der Waals surface area contributed by atoms with Gasteiger partial charge in [-0.15, -0.1) is 0 Å². The first kappa shape index (κ1) is 9.40. The van der Waals surface area contributed by atoms with Gasteiger partial charge in [-0.05, 0) is 37.1 Å². The molecule has 0 bridgehead atoms. The molecule has 0 atom stereocenters. The molecule has 0 amide bonds. The van der Waals surface area contributed by atoms with Crippen LogP contribution >= 0.6 is 0 Å². The van der Waals surface area contributed by atoms with Gasteiger partial charge in [0.15, 0.2) is 0 Å². The maximum absolute atomic E-state index is 4.41. The van der Waals surface area contributed by atoms with Crippen molar-refractivity contribution in [1.29, 1.82) is 0 Å². The molecule has 1 aromatic heterocycles. The predicted molar refractivity (Wildman–Crippen MR) is 66.1 cm³/mol. The molecule has 3 rings (SSSR count). The van der Waals surface area contributed by atoms with E-state index in [1.165, 1.54) is 16.8 Å². The van der Waals surface area contributed by atoms with E-state index in [4.69, 9.17) is 0 Å². The van der Waals surface area contributed by atoms with Crippen LogP contribution in [0.2, 0.25) is 0 Å². The van der Waals surface area contributed by atoms with E-state index in [1.54, 1.807) is 0 Å². The second kappa shape index (κ2) is 3.63. The Kier molecular flexibility index (Phi) is 2.13. The number of hydrogen-bond donors (Lipinski definition) is 0. The van der Waals surface area contributed by atoms with Gasteiger partial charge >= 0.3 is 0 Å². The summed E-state index contributed by atoms with van der Waals surface area (Å²) in [5.41, 5.74) is 4.08. The molecule has 1 aliphatic heterocycles. The molecule has 0 spiro atoms. The van der Waals surface area contributed by atoms with Gasteiger partial charge in [-0.3, -0.25) is 0 Å². The number of benzene rings is 1. The third-order valence-electron chi connectivity index (χ3n) is 3.06. The number of aryl methyl sites for hydroxylation is 1. The summed E-state index contributed by atoms with van der Waals surface area (Å²) in [5.74, 6) is 1.05. The van der Waals surface area contributed by atoms with Gasteiger partial charge in [-0.2, -0.15) is 0 Å². The monoisotopic (exact) mass is 210 g/mol. The summed E-state index contributed by atoms with van der Waals surface area (Å²) in [4.78, 5) is 6.69. The van der Waals surface area contributed by atoms with Crippen LogP contribution in [0.4, 0.5) is 11.5 Å². The second-order valence-electron chi connectivity index (χ2n) is 4.22. The van der Waals surface area contributed by atoms with Crippen molar-refractivity contribution in [2.24, 2.45) is 0 Å². The van der Waals surface area contributed by atoms with Crippen molar-refractivity contribution >= 4 is 11.5 Å². The summed E-state index contributed by atoms with van der Waals surface area (Å²) in [5, 5.41) is 0. The number of aromatic nitrogens is 1. The molecule has 2 nitrogen and oxygen atoms in total. The highest BCUT2D eigenvalue weighted by molar-refractivity contribution is 5.67. The normalized spacial score (nSPS) is 13.9. The molecule has 2 aromatic rings. The predicted octanol–water partition coefficient (Wildman–Crippen LogP) is 3.08. The molecule has 0 saturated carbocycles. The molecule has 2 heterocycles. The smallest absolute Gasteiger partial charge is 0.132 e. The fourth-order valence-corrected chi connectivity index (χ4v) is 2.28. The maximum Gasteiger partial charge on any atom is 0.132 e. The molecule has 1 aliphatic rings. The van der Waals surface area contributed by atoms with Gasteiger partial charge in [0.2, 0.25) is 0 Å². The zero-order valence-electron chi connectivity index (χ0n) is 9.35. The quantitative estimate of drug-likeness (QED) is 0.719. The van der Waals surface area contributed by atoms with Crippen LogP contribution in [0.25, 0.3) is 0 Å². The lowest BCUT2D eigenvalue weighted by molar-refractivity contribution is 0.974. The van der Waals surface area contributed by atoms with Crippen LogP contribution in [-0.2, 0) is 6.42 Å². The maximum atomic E-state index is 4.41. The van der Waals surface area contributed by atoms with E-state index in [0.717, 1.165) is 18.8 Å². The number of fused-ring (bicyclic) bond motifs is 1. The van der Waals surface area contributed by atoms with Crippen molar-refractivity contribution in [2.75, 3.05) is 11.4 Å². The molecular formula is C14H14N2. The Morgan fingerprint density at radius 2 is 2.12 bits per heavy atom. The zero-order chi connectivity index (χ0) is 11.0. The lowest BCUT2D eigenvalue weighted by atomic mass is 10.1. The third-order valence-corrected chi connectivity index (χ3v) is 3.06. The van der Waals surface area contributed by atoms with Gasteiger partial charge < -0.3 is 4.90 Å². The number of rotatable bonds is 1. The van der Waals surface area contributed by atoms with Crippen molar-refractivity contribution in [3.63, 3.8) is 0 Å². The number of anilines is 2. The second-order valence-corrected chi connectivity index (χ2v) is 4.22. The van der Waals surface area contributed by atoms with Gasteiger partial charge in [0.1, 0.15) is 5.82 Å². The topological polar surface area (TPSA) is 16.1 Å². The van der Waals surface area contributed by atoms with E-state index >= 15 is 0 Å². The molecular weight excluding hydrogens is 196 g/mol. The van der Waals surface area contributed by atoms with Gasteiger partial charge in [-0.25, -0.2) is 4.98 Å². The standard InChI is InChI=1S/C14H14N2/c1-11-5-6-13-12(10-11)7-9-16(13)14-4-2-3-8-15-14/h2-6,8,10H,7,9H2,1H3. The lowest BCUT2D eigenvalue weighted by Gasteiger charge is -2.17. The first-order valence-electron chi connectivity index (χ1n) is 5.63. The summed E-state index contributed by atoms with van der Waals surface area (Å²) in [6.07, 6.45) is 2.97. The van der Waals surface area contributed by atoms with E-state index in [1.807, 2.05) is 18.3 Å². The molecule has 1 aromatic carbocycles. The van der Waals surface area contributed by atoms with E-state index in [0.29, 0.717) is 0 Å².